The van der Waals surface area contributed by atoms with Gasteiger partial charge in [0.15, 0.2) is 5.82 Å². The molecule has 4 heterocycles. The van der Waals surface area contributed by atoms with Crippen molar-refractivity contribution >= 4 is 17.5 Å². The maximum atomic E-state index is 13.0. The van der Waals surface area contributed by atoms with Gasteiger partial charge in [0, 0.05) is 61.9 Å². The number of aromatic nitrogens is 2. The summed E-state index contributed by atoms with van der Waals surface area (Å²) >= 11 is 0. The monoisotopic (exact) mass is 462 g/mol. The second kappa shape index (κ2) is 9.45. The number of rotatable bonds is 5. The van der Waals surface area contributed by atoms with Gasteiger partial charge in [0.1, 0.15) is 0 Å². The van der Waals surface area contributed by atoms with Gasteiger partial charge in [0.05, 0.1) is 0 Å². The Bertz CT molecular complexity index is 1050. The van der Waals surface area contributed by atoms with E-state index in [0.717, 1.165) is 44.7 Å². The van der Waals surface area contributed by atoms with E-state index in [1.807, 2.05) is 17.9 Å². The second-order valence-corrected chi connectivity index (χ2v) is 10.4. The molecule has 0 bridgehead atoms. The number of nitrogens with zero attached hydrogens (tertiary/aromatic N) is 5. The molecular weight excluding hydrogens is 424 g/mol. The van der Waals surface area contributed by atoms with E-state index >= 15 is 0 Å². The number of aryl methyl sites for hydroxylation is 1. The number of benzene rings is 1. The van der Waals surface area contributed by atoms with Gasteiger partial charge >= 0.3 is 6.03 Å². The van der Waals surface area contributed by atoms with E-state index in [0.29, 0.717) is 5.82 Å². The third kappa shape index (κ3) is 4.58. The van der Waals surface area contributed by atoms with Crippen molar-refractivity contribution in [1.29, 1.82) is 0 Å². The first-order valence-corrected chi connectivity index (χ1v) is 12.8. The van der Waals surface area contributed by atoms with E-state index in [2.05, 4.69) is 51.9 Å². The lowest BCUT2D eigenvalue weighted by molar-refractivity contribution is 0.0585. The third-order valence-electron chi connectivity index (χ3n) is 7.91. The number of allylic oxidation sites excluding steroid dienone is 1. The molecule has 1 aromatic heterocycles. The average Bonchev–Trinajstić information content (AvgIpc) is 3.57. The van der Waals surface area contributed by atoms with E-state index < -0.39 is 0 Å². The molecule has 34 heavy (non-hydrogen) atoms. The minimum absolute atomic E-state index is 0.0395. The number of likely N-dealkylation sites (tertiary alicyclic amines) is 2. The number of carbonyl (C=O) groups excluding carboxylic acids is 1. The smallest absolute Gasteiger partial charge is 0.344 e. The van der Waals surface area contributed by atoms with Crippen molar-refractivity contribution in [2.75, 3.05) is 42.9 Å². The lowest BCUT2D eigenvalue weighted by atomic mass is 9.84. The summed E-state index contributed by atoms with van der Waals surface area (Å²) in [5.41, 5.74) is 5.24. The molecule has 5 rings (SSSR count). The maximum absolute atomic E-state index is 13.0. The summed E-state index contributed by atoms with van der Waals surface area (Å²) in [5, 5.41) is 7.44. The van der Waals surface area contributed by atoms with E-state index in [-0.39, 0.29) is 11.6 Å². The molecule has 1 amide bonds. The highest BCUT2D eigenvalue weighted by molar-refractivity contribution is 5.76. The zero-order valence-electron chi connectivity index (χ0n) is 20.7. The van der Waals surface area contributed by atoms with Gasteiger partial charge in [-0.15, -0.1) is 5.10 Å². The topological polar surface area (TPSA) is 56.6 Å². The molecule has 1 aromatic carbocycles. The number of piperidine rings is 1. The van der Waals surface area contributed by atoms with Crippen LogP contribution in [0, 0.1) is 6.92 Å². The Balaban J connectivity index is 1.21. The van der Waals surface area contributed by atoms with Crippen molar-refractivity contribution < 1.29 is 4.79 Å². The summed E-state index contributed by atoms with van der Waals surface area (Å²) in [6.45, 7) is 14.1. The van der Waals surface area contributed by atoms with Crippen molar-refractivity contribution in [3.63, 3.8) is 0 Å². The standard InChI is InChI=1S/C27H38N6O/c1-21(2)28-25-9-16-33(29-25)26(34)31-17-11-27(12-18-31)10-6-15-32(27)20-23-7-8-24(22(3)19-23)30-13-4-5-14-30/h7-9,16,19H,1,4-6,10-15,17-18,20H2,2-3H3,(H,28,29). The van der Waals surface area contributed by atoms with Gasteiger partial charge in [-0.2, -0.15) is 4.68 Å². The van der Waals surface area contributed by atoms with E-state index in [1.54, 1.807) is 6.20 Å². The van der Waals surface area contributed by atoms with Crippen molar-refractivity contribution in [2.45, 2.75) is 64.5 Å². The number of amides is 1. The van der Waals surface area contributed by atoms with Crippen LogP contribution in [0.2, 0.25) is 0 Å². The second-order valence-electron chi connectivity index (χ2n) is 10.4. The molecule has 0 radical (unpaired) electrons. The quantitative estimate of drug-likeness (QED) is 0.689. The van der Waals surface area contributed by atoms with E-state index in [1.165, 1.54) is 60.3 Å². The number of hydrogen-bond donors (Lipinski definition) is 1. The van der Waals surface area contributed by atoms with Gasteiger partial charge in [0.2, 0.25) is 0 Å². The zero-order valence-corrected chi connectivity index (χ0v) is 20.7. The maximum Gasteiger partial charge on any atom is 0.344 e. The molecule has 0 aliphatic carbocycles. The number of carbonyl (C=O) groups is 1. The van der Waals surface area contributed by atoms with Crippen molar-refractivity contribution in [3.8, 4) is 0 Å². The molecule has 3 aliphatic rings. The van der Waals surface area contributed by atoms with Gasteiger partial charge in [0.25, 0.3) is 0 Å². The number of anilines is 2. The fourth-order valence-corrected chi connectivity index (χ4v) is 6.13. The molecule has 2 aromatic rings. The van der Waals surface area contributed by atoms with Crippen LogP contribution in [0.15, 0.2) is 42.7 Å². The van der Waals surface area contributed by atoms with Crippen LogP contribution in [0.1, 0.15) is 56.6 Å². The van der Waals surface area contributed by atoms with Crippen LogP contribution in [0.25, 0.3) is 0 Å². The Morgan fingerprint density at radius 3 is 2.53 bits per heavy atom. The fourth-order valence-electron chi connectivity index (χ4n) is 6.13. The van der Waals surface area contributed by atoms with Crippen LogP contribution < -0.4 is 10.2 Å². The summed E-state index contributed by atoms with van der Waals surface area (Å²) in [4.78, 5) is 20.2. The molecule has 182 valence electrons. The third-order valence-corrected chi connectivity index (χ3v) is 7.91. The minimum Gasteiger partial charge on any atom is -0.371 e. The molecule has 0 unspecified atom stereocenters. The molecule has 0 atom stereocenters. The van der Waals surface area contributed by atoms with Gasteiger partial charge < -0.3 is 15.1 Å². The van der Waals surface area contributed by atoms with Crippen LogP contribution in [-0.2, 0) is 6.54 Å². The van der Waals surface area contributed by atoms with Gasteiger partial charge in [-0.3, -0.25) is 4.90 Å². The predicted octanol–water partition coefficient (Wildman–Crippen LogP) is 4.84. The SMILES string of the molecule is C=C(C)Nc1ccn(C(=O)N2CCC3(CCCN3Cc3ccc(N4CCCC4)c(C)c3)CC2)n1. The summed E-state index contributed by atoms with van der Waals surface area (Å²) in [5.74, 6) is 0.655. The van der Waals surface area contributed by atoms with Crippen LogP contribution in [0.3, 0.4) is 0 Å². The molecular formula is C27H38N6O. The molecule has 0 saturated carbocycles. The summed E-state index contributed by atoms with van der Waals surface area (Å²) < 4.78 is 1.44. The Morgan fingerprint density at radius 2 is 1.82 bits per heavy atom. The highest BCUT2D eigenvalue weighted by Gasteiger charge is 2.43. The molecule has 3 fully saturated rings. The summed E-state index contributed by atoms with van der Waals surface area (Å²) in [6.07, 6.45) is 8.88. The average molecular weight is 463 g/mol. The lowest BCUT2D eigenvalue weighted by Gasteiger charge is -2.45. The van der Waals surface area contributed by atoms with Crippen molar-refractivity contribution in [3.05, 3.63) is 53.9 Å². The van der Waals surface area contributed by atoms with Crippen LogP contribution >= 0.6 is 0 Å². The van der Waals surface area contributed by atoms with Crippen LogP contribution in [0.5, 0.6) is 0 Å². The van der Waals surface area contributed by atoms with Crippen molar-refractivity contribution in [1.82, 2.24) is 19.6 Å². The molecule has 7 nitrogen and oxygen atoms in total. The normalized spacial score (nSPS) is 20.3. The summed E-state index contributed by atoms with van der Waals surface area (Å²) in [7, 11) is 0. The van der Waals surface area contributed by atoms with E-state index in [4.69, 9.17) is 0 Å². The number of hydrogen-bond acceptors (Lipinski definition) is 5. The van der Waals surface area contributed by atoms with Gasteiger partial charge in [-0.05, 0) is 76.1 Å². The Labute approximate surface area is 203 Å². The largest absolute Gasteiger partial charge is 0.371 e. The van der Waals surface area contributed by atoms with E-state index in [9.17, 15) is 4.79 Å². The van der Waals surface area contributed by atoms with Crippen LogP contribution in [0.4, 0.5) is 16.3 Å². The molecule has 3 aliphatic heterocycles. The van der Waals surface area contributed by atoms with Crippen LogP contribution in [-0.4, -0.2) is 63.9 Å². The van der Waals surface area contributed by atoms with Gasteiger partial charge in [-0.25, -0.2) is 4.79 Å². The van der Waals surface area contributed by atoms with Gasteiger partial charge in [-0.1, -0.05) is 18.7 Å². The molecule has 3 saturated heterocycles. The zero-order chi connectivity index (χ0) is 23.7. The minimum atomic E-state index is -0.0395. The first kappa shape index (κ1) is 23.0. The lowest BCUT2D eigenvalue weighted by Crippen LogP contribution is -2.53. The first-order chi connectivity index (χ1) is 16.4. The summed E-state index contributed by atoms with van der Waals surface area (Å²) in [6, 6.07) is 8.84. The Hall–Kier alpha value is -2.80. The first-order valence-electron chi connectivity index (χ1n) is 12.8. The molecule has 1 N–H and O–H groups in total. The molecule has 1 spiro atoms. The van der Waals surface area contributed by atoms with Crippen molar-refractivity contribution in [2.24, 2.45) is 0 Å². The number of nitrogens with one attached hydrogen (secondary N) is 1. The Kier molecular flexibility index (Phi) is 6.38. The fraction of sp³-hybridized carbons (Fsp3) is 0.556. The highest BCUT2D eigenvalue weighted by Crippen LogP contribution is 2.40. The molecule has 7 heteroatoms. The predicted molar refractivity (Wildman–Crippen MR) is 137 cm³/mol. The highest BCUT2D eigenvalue weighted by atomic mass is 16.2. The Morgan fingerprint density at radius 1 is 1.06 bits per heavy atom.